The Kier molecular flexibility index (Phi) is 7.88. The van der Waals surface area contributed by atoms with Gasteiger partial charge < -0.3 is 19.9 Å². The minimum absolute atomic E-state index is 0.117. The number of hydrogen-bond acceptors (Lipinski definition) is 6. The highest BCUT2D eigenvalue weighted by Crippen LogP contribution is 2.21. The number of anilines is 1. The second-order valence-corrected chi connectivity index (χ2v) is 8.16. The maximum absolute atomic E-state index is 12.6. The Balaban J connectivity index is 1.61. The summed E-state index contributed by atoms with van der Waals surface area (Å²) in [7, 11) is 1.58. The number of ether oxygens (including phenoxy) is 1. The van der Waals surface area contributed by atoms with Crippen molar-refractivity contribution in [3.05, 3.63) is 65.5 Å². The summed E-state index contributed by atoms with van der Waals surface area (Å²) >= 11 is 1.31. The lowest BCUT2D eigenvalue weighted by Gasteiger charge is -2.15. The van der Waals surface area contributed by atoms with Crippen LogP contribution in [0.4, 0.5) is 5.69 Å². The zero-order valence-electron chi connectivity index (χ0n) is 18.6. The highest BCUT2D eigenvalue weighted by molar-refractivity contribution is 7.99. The minimum atomic E-state index is -0.354. The monoisotopic (exact) mass is 453 g/mol. The third-order valence-electron chi connectivity index (χ3n) is 4.78. The molecule has 9 heteroatoms. The number of benzene rings is 2. The largest absolute Gasteiger partial charge is 0.497 e. The lowest BCUT2D eigenvalue weighted by molar-refractivity contribution is -0.113. The van der Waals surface area contributed by atoms with Crippen LogP contribution in [-0.4, -0.2) is 39.4 Å². The number of hydrogen-bond donors (Lipinski definition) is 2. The molecule has 0 aliphatic heterocycles. The Bertz CT molecular complexity index is 1080. The summed E-state index contributed by atoms with van der Waals surface area (Å²) in [5.41, 5.74) is 2.38. The molecule has 0 fully saturated rings. The number of aromatic nitrogens is 3. The number of carbonyl (C=O) groups excluding carboxylic acids is 2. The topological polar surface area (TPSA) is 98.1 Å². The van der Waals surface area contributed by atoms with Crippen molar-refractivity contribution in [2.75, 3.05) is 18.2 Å². The number of aryl methyl sites for hydroxylation is 1. The fraction of sp³-hybridized carbons (Fsp3) is 0.304. The summed E-state index contributed by atoms with van der Waals surface area (Å²) in [6.07, 6.45) is 0. The van der Waals surface area contributed by atoms with Gasteiger partial charge in [-0.05, 0) is 62.7 Å². The molecule has 3 rings (SSSR count). The van der Waals surface area contributed by atoms with Gasteiger partial charge in [0.25, 0.3) is 5.91 Å². The molecule has 2 N–H and O–H groups in total. The average Bonchev–Trinajstić information content (AvgIpc) is 3.21. The van der Waals surface area contributed by atoms with Crippen molar-refractivity contribution in [3.8, 4) is 5.75 Å². The summed E-state index contributed by atoms with van der Waals surface area (Å²) in [6, 6.07) is 14.2. The predicted octanol–water partition coefficient (Wildman–Crippen LogP) is 3.84. The van der Waals surface area contributed by atoms with Crippen molar-refractivity contribution in [2.24, 2.45) is 0 Å². The van der Waals surface area contributed by atoms with Crippen LogP contribution < -0.4 is 15.4 Å². The molecule has 1 aromatic heterocycles. The number of nitrogens with zero attached hydrogens (tertiary/aromatic N) is 3. The predicted molar refractivity (Wildman–Crippen MR) is 125 cm³/mol. The van der Waals surface area contributed by atoms with Gasteiger partial charge in [0.15, 0.2) is 11.0 Å². The summed E-state index contributed by atoms with van der Waals surface area (Å²) in [4.78, 5) is 24.9. The first kappa shape index (κ1) is 23.3. The molecule has 2 aromatic carbocycles. The molecule has 0 saturated carbocycles. The molecule has 1 heterocycles. The van der Waals surface area contributed by atoms with Crippen LogP contribution in [0.15, 0.2) is 53.7 Å². The zero-order chi connectivity index (χ0) is 23.1. The molecule has 0 aliphatic carbocycles. The van der Waals surface area contributed by atoms with Gasteiger partial charge in [-0.2, -0.15) is 0 Å². The normalized spacial score (nSPS) is 11.6. The van der Waals surface area contributed by atoms with Crippen LogP contribution in [-0.2, 0) is 11.3 Å². The molecule has 168 valence electrons. The quantitative estimate of drug-likeness (QED) is 0.478. The van der Waals surface area contributed by atoms with E-state index in [9.17, 15) is 9.59 Å². The van der Waals surface area contributed by atoms with Crippen molar-refractivity contribution < 1.29 is 14.3 Å². The molecule has 0 bridgehead atoms. The molecule has 32 heavy (non-hydrogen) atoms. The Morgan fingerprint density at radius 1 is 1.16 bits per heavy atom. The SMILES string of the molecule is CCn1c(SCC(=O)Nc2cccc(C)c2)nnc1[C@@H](C)NC(=O)c1ccc(OC)cc1. The van der Waals surface area contributed by atoms with E-state index in [1.54, 1.807) is 31.4 Å². The van der Waals surface area contributed by atoms with E-state index < -0.39 is 0 Å². The standard InChI is InChI=1S/C23H27N5O3S/c1-5-28-21(16(3)24-22(30)17-9-11-19(31-4)12-10-17)26-27-23(28)32-14-20(29)25-18-8-6-7-15(2)13-18/h6-13,16H,5,14H2,1-4H3,(H,24,30)(H,25,29)/t16-/m1/s1. The van der Waals surface area contributed by atoms with Crippen molar-refractivity contribution in [1.82, 2.24) is 20.1 Å². The van der Waals surface area contributed by atoms with Gasteiger partial charge in [0, 0.05) is 17.8 Å². The average molecular weight is 454 g/mol. The van der Waals surface area contributed by atoms with E-state index in [1.165, 1.54) is 11.8 Å². The Hall–Kier alpha value is -3.33. The first-order chi connectivity index (χ1) is 15.4. The van der Waals surface area contributed by atoms with E-state index in [0.717, 1.165) is 11.3 Å². The van der Waals surface area contributed by atoms with E-state index in [0.29, 0.717) is 28.8 Å². The molecule has 0 spiro atoms. The zero-order valence-corrected chi connectivity index (χ0v) is 19.4. The Morgan fingerprint density at radius 2 is 1.91 bits per heavy atom. The second-order valence-electron chi connectivity index (χ2n) is 7.22. The smallest absolute Gasteiger partial charge is 0.251 e. The molecule has 0 radical (unpaired) electrons. The van der Waals surface area contributed by atoms with Gasteiger partial charge in [0.1, 0.15) is 5.75 Å². The second kappa shape index (κ2) is 10.8. The van der Waals surface area contributed by atoms with Crippen LogP contribution in [0.2, 0.25) is 0 Å². The van der Waals surface area contributed by atoms with Crippen LogP contribution >= 0.6 is 11.8 Å². The van der Waals surface area contributed by atoms with Crippen molar-refractivity contribution in [2.45, 2.75) is 38.5 Å². The van der Waals surface area contributed by atoms with E-state index >= 15 is 0 Å². The number of thioether (sulfide) groups is 1. The van der Waals surface area contributed by atoms with Crippen molar-refractivity contribution in [3.63, 3.8) is 0 Å². The van der Waals surface area contributed by atoms with Gasteiger partial charge in [-0.25, -0.2) is 0 Å². The fourth-order valence-electron chi connectivity index (χ4n) is 3.16. The molecule has 1 atom stereocenters. The van der Waals surface area contributed by atoms with Crippen LogP contribution in [0.25, 0.3) is 0 Å². The maximum Gasteiger partial charge on any atom is 0.251 e. The molecule has 0 aliphatic rings. The summed E-state index contributed by atoms with van der Waals surface area (Å²) in [5, 5.41) is 15.0. The molecule has 0 unspecified atom stereocenters. The molecular formula is C23H27N5O3S. The van der Waals surface area contributed by atoms with Crippen molar-refractivity contribution in [1.29, 1.82) is 0 Å². The molecule has 8 nitrogen and oxygen atoms in total. The van der Waals surface area contributed by atoms with E-state index in [4.69, 9.17) is 4.74 Å². The van der Waals surface area contributed by atoms with Crippen LogP contribution in [0.1, 0.15) is 41.6 Å². The van der Waals surface area contributed by atoms with Gasteiger partial charge in [0.2, 0.25) is 5.91 Å². The first-order valence-corrected chi connectivity index (χ1v) is 11.3. The highest BCUT2D eigenvalue weighted by Gasteiger charge is 2.20. The lowest BCUT2D eigenvalue weighted by Crippen LogP contribution is -2.28. The molecule has 0 saturated heterocycles. The summed E-state index contributed by atoms with van der Waals surface area (Å²) < 4.78 is 7.03. The van der Waals surface area contributed by atoms with E-state index in [-0.39, 0.29) is 23.6 Å². The Labute approximate surface area is 191 Å². The third-order valence-corrected chi connectivity index (χ3v) is 5.75. The maximum atomic E-state index is 12.6. The highest BCUT2D eigenvalue weighted by atomic mass is 32.2. The minimum Gasteiger partial charge on any atom is -0.497 e. The number of carbonyl (C=O) groups is 2. The molecule has 3 aromatic rings. The van der Waals surface area contributed by atoms with Gasteiger partial charge in [-0.3, -0.25) is 9.59 Å². The number of nitrogens with one attached hydrogen (secondary N) is 2. The first-order valence-electron chi connectivity index (χ1n) is 10.3. The fourth-order valence-corrected chi connectivity index (χ4v) is 3.97. The van der Waals surface area contributed by atoms with Crippen molar-refractivity contribution >= 4 is 29.3 Å². The van der Waals surface area contributed by atoms with Crippen LogP contribution in [0, 0.1) is 6.92 Å². The molecular weight excluding hydrogens is 426 g/mol. The Morgan fingerprint density at radius 3 is 2.56 bits per heavy atom. The van der Waals surface area contributed by atoms with Gasteiger partial charge in [-0.15, -0.1) is 10.2 Å². The number of methoxy groups -OCH3 is 1. The van der Waals surface area contributed by atoms with Crippen LogP contribution in [0.5, 0.6) is 5.75 Å². The van der Waals surface area contributed by atoms with Gasteiger partial charge in [0.05, 0.1) is 18.9 Å². The summed E-state index contributed by atoms with van der Waals surface area (Å²) in [6.45, 7) is 6.43. The summed E-state index contributed by atoms with van der Waals surface area (Å²) in [5.74, 6) is 1.20. The third kappa shape index (κ3) is 5.88. The number of amides is 2. The lowest BCUT2D eigenvalue weighted by atomic mass is 10.2. The molecule has 2 amide bonds. The number of rotatable bonds is 9. The van der Waals surface area contributed by atoms with E-state index in [2.05, 4.69) is 20.8 Å². The van der Waals surface area contributed by atoms with Gasteiger partial charge >= 0.3 is 0 Å². The van der Waals surface area contributed by atoms with Gasteiger partial charge in [-0.1, -0.05) is 23.9 Å². The van der Waals surface area contributed by atoms with Crippen LogP contribution in [0.3, 0.4) is 0 Å². The van der Waals surface area contributed by atoms with E-state index in [1.807, 2.05) is 49.6 Å².